The summed E-state index contributed by atoms with van der Waals surface area (Å²) < 4.78 is 0. The van der Waals surface area contributed by atoms with Crippen molar-refractivity contribution in [2.75, 3.05) is 6.54 Å². The van der Waals surface area contributed by atoms with Crippen LogP contribution in [0.3, 0.4) is 0 Å². The third kappa shape index (κ3) is 2.77. The van der Waals surface area contributed by atoms with Crippen LogP contribution < -0.4 is 5.32 Å². The second kappa shape index (κ2) is 4.44. The first-order valence-corrected chi connectivity index (χ1v) is 3.13. The average molecular weight is 107 g/mol. The minimum absolute atomic E-state index is 0. The van der Waals surface area contributed by atoms with Crippen LogP contribution in [0.15, 0.2) is 0 Å². The summed E-state index contributed by atoms with van der Waals surface area (Å²) >= 11 is 0. The maximum absolute atomic E-state index is 3.38. The standard InChI is InChI=1S/C6H13N.Li.H/c1-6-4-2-3-5-7-6;;/h6-7H,2-5H2,1H3;;. The van der Waals surface area contributed by atoms with E-state index in [9.17, 15) is 0 Å². The molecule has 1 aliphatic heterocycles. The quantitative estimate of drug-likeness (QED) is 0.444. The predicted octanol–water partition coefficient (Wildman–Crippen LogP) is 0.500. The van der Waals surface area contributed by atoms with E-state index < -0.39 is 0 Å². The molecule has 0 bridgehead atoms. The van der Waals surface area contributed by atoms with Crippen LogP contribution in [0, 0.1) is 0 Å². The van der Waals surface area contributed by atoms with Crippen molar-refractivity contribution in [3.8, 4) is 0 Å². The molecule has 0 aromatic rings. The Balaban J connectivity index is 0.000000490. The molecule has 0 amide bonds. The van der Waals surface area contributed by atoms with Crippen LogP contribution in [0.4, 0.5) is 0 Å². The molecule has 2 heteroatoms. The summed E-state index contributed by atoms with van der Waals surface area (Å²) in [6.45, 7) is 3.49. The summed E-state index contributed by atoms with van der Waals surface area (Å²) in [6.07, 6.45) is 4.18. The van der Waals surface area contributed by atoms with Crippen LogP contribution in [0.2, 0.25) is 0 Å². The second-order valence-electron chi connectivity index (χ2n) is 2.35. The van der Waals surface area contributed by atoms with Gasteiger partial charge in [-0.05, 0) is 26.3 Å². The first kappa shape index (κ1) is 8.56. The van der Waals surface area contributed by atoms with Crippen molar-refractivity contribution in [1.82, 2.24) is 5.32 Å². The number of rotatable bonds is 0. The molecule has 0 aromatic heterocycles. The van der Waals surface area contributed by atoms with E-state index >= 15 is 0 Å². The van der Waals surface area contributed by atoms with Crippen LogP contribution in [-0.4, -0.2) is 31.4 Å². The molecule has 0 spiro atoms. The molecule has 1 nitrogen and oxygen atoms in total. The molecule has 8 heavy (non-hydrogen) atoms. The number of hydrogen-bond acceptors (Lipinski definition) is 1. The predicted molar refractivity (Wildman–Crippen MR) is 38.5 cm³/mol. The summed E-state index contributed by atoms with van der Waals surface area (Å²) in [6, 6.07) is 0.786. The van der Waals surface area contributed by atoms with Gasteiger partial charge in [-0.2, -0.15) is 0 Å². The zero-order valence-electron chi connectivity index (χ0n) is 4.91. The fraction of sp³-hybridized carbons (Fsp3) is 1.00. The van der Waals surface area contributed by atoms with Gasteiger partial charge in [-0.3, -0.25) is 0 Å². The van der Waals surface area contributed by atoms with Gasteiger partial charge in [0.1, 0.15) is 0 Å². The number of piperidine rings is 1. The molecular formula is C6H14LiN. The molecule has 0 radical (unpaired) electrons. The van der Waals surface area contributed by atoms with Crippen LogP contribution in [-0.2, 0) is 0 Å². The molecule has 1 atom stereocenters. The fourth-order valence-electron chi connectivity index (χ4n) is 1.03. The van der Waals surface area contributed by atoms with Crippen LogP contribution in [0.1, 0.15) is 26.2 Å². The first-order valence-electron chi connectivity index (χ1n) is 3.13. The molecule has 1 unspecified atom stereocenters. The van der Waals surface area contributed by atoms with Gasteiger partial charge in [-0.15, -0.1) is 0 Å². The molecule has 44 valence electrons. The van der Waals surface area contributed by atoms with Crippen molar-refractivity contribution in [1.29, 1.82) is 0 Å². The molecule has 1 rings (SSSR count). The number of hydrogen-bond donors (Lipinski definition) is 1. The molecule has 1 fully saturated rings. The summed E-state index contributed by atoms with van der Waals surface area (Å²) in [7, 11) is 0. The van der Waals surface area contributed by atoms with Gasteiger partial charge in [0, 0.05) is 6.04 Å². The first-order chi connectivity index (χ1) is 3.39. The van der Waals surface area contributed by atoms with Crippen molar-refractivity contribution in [3.05, 3.63) is 0 Å². The third-order valence-electron chi connectivity index (χ3n) is 1.56. The molecule has 1 heterocycles. The van der Waals surface area contributed by atoms with Crippen molar-refractivity contribution < 1.29 is 0 Å². The Morgan fingerprint density at radius 2 is 2.12 bits per heavy atom. The van der Waals surface area contributed by atoms with Gasteiger partial charge < -0.3 is 5.32 Å². The van der Waals surface area contributed by atoms with E-state index in [1.807, 2.05) is 0 Å². The third-order valence-corrected chi connectivity index (χ3v) is 1.56. The van der Waals surface area contributed by atoms with Crippen LogP contribution in [0.5, 0.6) is 0 Å². The Morgan fingerprint density at radius 1 is 1.38 bits per heavy atom. The van der Waals surface area contributed by atoms with Gasteiger partial charge in [0.15, 0.2) is 0 Å². The monoisotopic (exact) mass is 107 g/mol. The molecule has 1 aliphatic rings. The van der Waals surface area contributed by atoms with E-state index in [2.05, 4.69) is 12.2 Å². The molecule has 1 N–H and O–H groups in total. The van der Waals surface area contributed by atoms with Gasteiger partial charge in [-0.1, -0.05) is 6.42 Å². The molecule has 0 aromatic carbocycles. The van der Waals surface area contributed by atoms with Crippen molar-refractivity contribution in [2.24, 2.45) is 0 Å². The van der Waals surface area contributed by atoms with E-state index in [1.54, 1.807) is 0 Å². The van der Waals surface area contributed by atoms with E-state index in [0.29, 0.717) is 0 Å². The Labute approximate surface area is 63.4 Å². The molecule has 0 aliphatic carbocycles. The van der Waals surface area contributed by atoms with E-state index in [1.165, 1.54) is 25.8 Å². The Kier molecular flexibility index (Phi) is 4.75. The summed E-state index contributed by atoms with van der Waals surface area (Å²) in [5.74, 6) is 0. The van der Waals surface area contributed by atoms with E-state index in [4.69, 9.17) is 0 Å². The summed E-state index contributed by atoms with van der Waals surface area (Å²) in [5, 5.41) is 3.38. The maximum atomic E-state index is 3.38. The molecule has 0 saturated carbocycles. The van der Waals surface area contributed by atoms with Gasteiger partial charge in [0.05, 0.1) is 0 Å². The zero-order valence-corrected chi connectivity index (χ0v) is 4.91. The van der Waals surface area contributed by atoms with Crippen LogP contribution >= 0.6 is 0 Å². The zero-order chi connectivity index (χ0) is 5.11. The van der Waals surface area contributed by atoms with Gasteiger partial charge in [0.25, 0.3) is 0 Å². The number of nitrogens with one attached hydrogen (secondary N) is 1. The van der Waals surface area contributed by atoms with Gasteiger partial charge >= 0.3 is 18.9 Å². The Hall–Kier alpha value is 0.557. The normalized spacial score (nSPS) is 28.9. The van der Waals surface area contributed by atoms with Crippen LogP contribution in [0.25, 0.3) is 0 Å². The Morgan fingerprint density at radius 3 is 2.38 bits per heavy atom. The second-order valence-corrected chi connectivity index (χ2v) is 2.35. The SMILES string of the molecule is CC1CCCCN1.[LiH]. The van der Waals surface area contributed by atoms with Gasteiger partial charge in [0.2, 0.25) is 0 Å². The van der Waals surface area contributed by atoms with E-state index in [-0.39, 0.29) is 18.9 Å². The minimum atomic E-state index is 0. The summed E-state index contributed by atoms with van der Waals surface area (Å²) in [4.78, 5) is 0. The average Bonchev–Trinajstić information content (AvgIpc) is 1.69. The topological polar surface area (TPSA) is 12.0 Å². The molecular weight excluding hydrogens is 93.0 g/mol. The molecule has 1 saturated heterocycles. The Bertz CT molecular complexity index is 50.5. The van der Waals surface area contributed by atoms with E-state index in [0.717, 1.165) is 6.04 Å². The van der Waals surface area contributed by atoms with Crippen molar-refractivity contribution >= 4 is 18.9 Å². The van der Waals surface area contributed by atoms with Crippen molar-refractivity contribution in [2.45, 2.75) is 32.2 Å². The summed E-state index contributed by atoms with van der Waals surface area (Å²) in [5.41, 5.74) is 0. The van der Waals surface area contributed by atoms with Crippen molar-refractivity contribution in [3.63, 3.8) is 0 Å². The van der Waals surface area contributed by atoms with Gasteiger partial charge in [-0.25, -0.2) is 0 Å². The fourth-order valence-corrected chi connectivity index (χ4v) is 1.03.